The van der Waals surface area contributed by atoms with Crippen LogP contribution in [0.15, 0.2) is 53.0 Å². The molecule has 2 rings (SSSR count). The van der Waals surface area contributed by atoms with Crippen molar-refractivity contribution in [2.24, 2.45) is 5.84 Å². The Morgan fingerprint density at radius 1 is 1.05 bits per heavy atom. The van der Waals surface area contributed by atoms with Gasteiger partial charge in [0.05, 0.1) is 0 Å². The van der Waals surface area contributed by atoms with Crippen LogP contribution in [-0.2, 0) is 4.79 Å². The summed E-state index contributed by atoms with van der Waals surface area (Å²) in [7, 11) is 0. The van der Waals surface area contributed by atoms with E-state index in [-0.39, 0.29) is 12.5 Å². The van der Waals surface area contributed by atoms with E-state index >= 15 is 0 Å². The molecule has 0 atom stereocenters. The fourth-order valence-electron chi connectivity index (χ4n) is 1.58. The number of carbonyl (C=O) groups is 1. The second kappa shape index (κ2) is 6.36. The van der Waals surface area contributed by atoms with Crippen LogP contribution >= 0.6 is 15.9 Å². The van der Waals surface area contributed by atoms with E-state index in [9.17, 15) is 4.79 Å². The number of hydrogen-bond donors (Lipinski definition) is 2. The topological polar surface area (TPSA) is 64.3 Å². The summed E-state index contributed by atoms with van der Waals surface area (Å²) in [6.07, 6.45) is 0. The first-order valence-electron chi connectivity index (χ1n) is 5.67. The van der Waals surface area contributed by atoms with Crippen molar-refractivity contribution in [3.8, 4) is 16.9 Å². The lowest BCUT2D eigenvalue weighted by molar-refractivity contribution is -0.123. The minimum Gasteiger partial charge on any atom is -0.484 e. The molecule has 1 amide bonds. The van der Waals surface area contributed by atoms with Crippen LogP contribution in [0.3, 0.4) is 0 Å². The van der Waals surface area contributed by atoms with Crippen LogP contribution in [0.1, 0.15) is 0 Å². The molecule has 0 radical (unpaired) electrons. The maximum Gasteiger partial charge on any atom is 0.271 e. The molecule has 0 bridgehead atoms. The van der Waals surface area contributed by atoms with Gasteiger partial charge in [-0.15, -0.1) is 0 Å². The van der Waals surface area contributed by atoms with Crippen molar-refractivity contribution in [3.63, 3.8) is 0 Å². The van der Waals surface area contributed by atoms with Gasteiger partial charge in [-0.1, -0.05) is 40.2 Å². The minimum absolute atomic E-state index is 0.0892. The number of rotatable bonds is 4. The lowest BCUT2D eigenvalue weighted by Crippen LogP contribution is -2.34. The Morgan fingerprint density at radius 3 is 2.11 bits per heavy atom. The Kier molecular flexibility index (Phi) is 4.54. The zero-order valence-corrected chi connectivity index (χ0v) is 11.7. The molecule has 19 heavy (non-hydrogen) atoms. The Labute approximate surface area is 119 Å². The lowest BCUT2D eigenvalue weighted by atomic mass is 10.1. The predicted molar refractivity (Wildman–Crippen MR) is 77.4 cm³/mol. The monoisotopic (exact) mass is 320 g/mol. The minimum atomic E-state index is -0.364. The van der Waals surface area contributed by atoms with Crippen molar-refractivity contribution in [3.05, 3.63) is 53.0 Å². The van der Waals surface area contributed by atoms with Crippen LogP contribution in [-0.4, -0.2) is 12.5 Å². The normalized spacial score (nSPS) is 10.0. The largest absolute Gasteiger partial charge is 0.484 e. The number of halogens is 1. The SMILES string of the molecule is NNC(=O)COc1ccc(-c2ccc(Br)cc2)cc1. The molecule has 0 unspecified atom stereocenters. The summed E-state index contributed by atoms with van der Waals surface area (Å²) in [5.74, 6) is 5.23. The third kappa shape index (κ3) is 3.81. The number of nitrogens with two attached hydrogens (primary N) is 1. The summed E-state index contributed by atoms with van der Waals surface area (Å²) in [4.78, 5) is 10.9. The molecule has 0 saturated heterocycles. The highest BCUT2D eigenvalue weighted by molar-refractivity contribution is 9.10. The summed E-state index contributed by atoms with van der Waals surface area (Å²) >= 11 is 3.40. The molecule has 2 aromatic carbocycles. The molecule has 0 aliphatic carbocycles. The molecule has 0 aliphatic rings. The Morgan fingerprint density at radius 2 is 1.58 bits per heavy atom. The standard InChI is InChI=1S/C14H13BrN2O2/c15-12-5-1-10(2-6-12)11-3-7-13(8-4-11)19-9-14(18)17-16/h1-8H,9,16H2,(H,17,18). The van der Waals surface area contributed by atoms with Crippen molar-refractivity contribution in [1.29, 1.82) is 0 Å². The lowest BCUT2D eigenvalue weighted by Gasteiger charge is -2.06. The van der Waals surface area contributed by atoms with Crippen molar-refractivity contribution < 1.29 is 9.53 Å². The van der Waals surface area contributed by atoms with Gasteiger partial charge in [-0.25, -0.2) is 5.84 Å². The summed E-state index contributed by atoms with van der Waals surface area (Å²) in [6.45, 7) is -0.0892. The average molecular weight is 321 g/mol. The molecule has 0 saturated carbocycles. The predicted octanol–water partition coefficient (Wildman–Crippen LogP) is 2.48. The van der Waals surface area contributed by atoms with Gasteiger partial charge in [0.25, 0.3) is 5.91 Å². The van der Waals surface area contributed by atoms with Crippen molar-refractivity contribution >= 4 is 21.8 Å². The third-order valence-electron chi connectivity index (χ3n) is 2.56. The molecule has 0 heterocycles. The van der Waals surface area contributed by atoms with Gasteiger partial charge in [0.2, 0.25) is 0 Å². The van der Waals surface area contributed by atoms with Gasteiger partial charge in [0.1, 0.15) is 5.75 Å². The van der Waals surface area contributed by atoms with E-state index in [0.29, 0.717) is 5.75 Å². The molecular formula is C14H13BrN2O2. The number of carbonyl (C=O) groups excluding carboxylic acids is 1. The van der Waals surface area contributed by atoms with Crippen LogP contribution in [0, 0.1) is 0 Å². The summed E-state index contributed by atoms with van der Waals surface area (Å²) < 4.78 is 6.31. The number of amides is 1. The summed E-state index contributed by atoms with van der Waals surface area (Å²) in [5, 5.41) is 0. The highest BCUT2D eigenvalue weighted by atomic mass is 79.9. The van der Waals surface area contributed by atoms with E-state index < -0.39 is 0 Å². The number of hydrogen-bond acceptors (Lipinski definition) is 3. The van der Waals surface area contributed by atoms with Gasteiger partial charge >= 0.3 is 0 Å². The average Bonchev–Trinajstić information content (AvgIpc) is 2.46. The van der Waals surface area contributed by atoms with Gasteiger partial charge in [-0.3, -0.25) is 10.2 Å². The zero-order valence-electron chi connectivity index (χ0n) is 10.1. The van der Waals surface area contributed by atoms with E-state index in [4.69, 9.17) is 10.6 Å². The van der Waals surface area contributed by atoms with Crippen molar-refractivity contribution in [1.82, 2.24) is 5.43 Å². The second-order valence-electron chi connectivity index (χ2n) is 3.89. The molecule has 0 fully saturated rings. The number of benzene rings is 2. The fraction of sp³-hybridized carbons (Fsp3) is 0.0714. The van der Waals surface area contributed by atoms with Gasteiger partial charge in [-0.2, -0.15) is 0 Å². The van der Waals surface area contributed by atoms with Gasteiger partial charge in [0.15, 0.2) is 6.61 Å². The smallest absolute Gasteiger partial charge is 0.271 e. The highest BCUT2D eigenvalue weighted by Gasteiger charge is 2.01. The maximum atomic E-state index is 10.9. The van der Waals surface area contributed by atoms with Gasteiger partial charge < -0.3 is 4.74 Å². The van der Waals surface area contributed by atoms with Crippen LogP contribution in [0.25, 0.3) is 11.1 Å². The summed E-state index contributed by atoms with van der Waals surface area (Å²) in [6, 6.07) is 15.6. The van der Waals surface area contributed by atoms with E-state index in [0.717, 1.165) is 15.6 Å². The maximum absolute atomic E-state index is 10.9. The third-order valence-corrected chi connectivity index (χ3v) is 3.09. The molecule has 3 N–H and O–H groups in total. The zero-order chi connectivity index (χ0) is 13.7. The van der Waals surface area contributed by atoms with Crippen LogP contribution < -0.4 is 16.0 Å². The molecular weight excluding hydrogens is 308 g/mol. The van der Waals surface area contributed by atoms with Crippen molar-refractivity contribution in [2.45, 2.75) is 0 Å². The molecule has 5 heteroatoms. The van der Waals surface area contributed by atoms with E-state index in [2.05, 4.69) is 15.9 Å². The molecule has 0 aromatic heterocycles. The van der Waals surface area contributed by atoms with Gasteiger partial charge in [-0.05, 0) is 35.4 Å². The second-order valence-corrected chi connectivity index (χ2v) is 4.80. The molecule has 4 nitrogen and oxygen atoms in total. The highest BCUT2D eigenvalue weighted by Crippen LogP contribution is 2.23. The number of nitrogens with one attached hydrogen (secondary N) is 1. The van der Waals surface area contributed by atoms with E-state index in [1.165, 1.54) is 0 Å². The van der Waals surface area contributed by atoms with Crippen LogP contribution in [0.5, 0.6) is 5.75 Å². The van der Waals surface area contributed by atoms with Crippen LogP contribution in [0.2, 0.25) is 0 Å². The Bertz CT molecular complexity index is 553. The molecule has 2 aromatic rings. The first kappa shape index (κ1) is 13.6. The first-order chi connectivity index (χ1) is 9.19. The fourth-order valence-corrected chi connectivity index (χ4v) is 1.84. The van der Waals surface area contributed by atoms with Gasteiger partial charge in [0, 0.05) is 4.47 Å². The van der Waals surface area contributed by atoms with Crippen LogP contribution in [0.4, 0.5) is 0 Å². The summed E-state index contributed by atoms with van der Waals surface area (Å²) in [5.41, 5.74) is 4.22. The number of ether oxygens (including phenoxy) is 1. The quantitative estimate of drug-likeness (QED) is 0.517. The molecule has 0 aliphatic heterocycles. The Hall–Kier alpha value is -1.85. The first-order valence-corrected chi connectivity index (χ1v) is 6.46. The van der Waals surface area contributed by atoms with E-state index in [1.54, 1.807) is 0 Å². The Balaban J connectivity index is 2.06. The number of hydrazine groups is 1. The van der Waals surface area contributed by atoms with Crippen molar-refractivity contribution in [2.75, 3.05) is 6.61 Å². The van der Waals surface area contributed by atoms with E-state index in [1.807, 2.05) is 54.0 Å². The molecule has 0 spiro atoms. The molecule has 98 valence electrons.